The Hall–Kier alpha value is -3.85. The number of hydrogen-bond acceptors (Lipinski definition) is 7. The van der Waals surface area contributed by atoms with E-state index in [9.17, 15) is 14.9 Å². The van der Waals surface area contributed by atoms with Gasteiger partial charge in [-0.2, -0.15) is 0 Å². The number of morpholine rings is 1. The van der Waals surface area contributed by atoms with Crippen molar-refractivity contribution in [2.24, 2.45) is 0 Å². The molecule has 9 heteroatoms. The second kappa shape index (κ2) is 8.88. The fraction of sp³-hybridized carbons (Fsp3) is 0.227. The van der Waals surface area contributed by atoms with Gasteiger partial charge in [0, 0.05) is 36.9 Å². The van der Waals surface area contributed by atoms with E-state index >= 15 is 0 Å². The number of rotatable bonds is 6. The van der Waals surface area contributed by atoms with Crippen molar-refractivity contribution in [3.8, 4) is 17.1 Å². The average molecular weight is 423 g/mol. The summed E-state index contributed by atoms with van der Waals surface area (Å²) < 4.78 is 16.4. The molecule has 0 aliphatic carbocycles. The first-order chi connectivity index (χ1) is 15.0. The standard InChI is InChI=1S/C22H21N3O6/c1-29-17-5-6-19(24-9-11-30-12-10-24)18(14-17)23-22(26)21-8-7-20(31-21)15-3-2-4-16(13-15)25(27)28/h2-8,13-14H,9-12H2,1H3,(H,23,26). The highest BCUT2D eigenvalue weighted by Crippen LogP contribution is 2.32. The molecule has 1 aromatic heterocycles. The molecule has 0 saturated carbocycles. The lowest BCUT2D eigenvalue weighted by atomic mass is 10.1. The molecule has 0 spiro atoms. The Kier molecular flexibility index (Phi) is 5.85. The Morgan fingerprint density at radius 3 is 2.68 bits per heavy atom. The quantitative estimate of drug-likeness (QED) is 0.472. The summed E-state index contributed by atoms with van der Waals surface area (Å²) in [4.78, 5) is 25.5. The second-order valence-corrected chi connectivity index (χ2v) is 6.91. The van der Waals surface area contributed by atoms with Crippen LogP contribution in [-0.4, -0.2) is 44.2 Å². The number of methoxy groups -OCH3 is 1. The minimum Gasteiger partial charge on any atom is -0.497 e. The maximum absolute atomic E-state index is 12.9. The first-order valence-corrected chi connectivity index (χ1v) is 9.72. The first kappa shape index (κ1) is 20.4. The van der Waals surface area contributed by atoms with Crippen LogP contribution in [0.4, 0.5) is 17.1 Å². The fourth-order valence-electron chi connectivity index (χ4n) is 3.39. The lowest BCUT2D eigenvalue weighted by molar-refractivity contribution is -0.384. The monoisotopic (exact) mass is 423 g/mol. The van der Waals surface area contributed by atoms with Gasteiger partial charge in [0.15, 0.2) is 5.76 Å². The molecule has 0 radical (unpaired) electrons. The molecule has 1 aliphatic rings. The SMILES string of the molecule is COc1ccc(N2CCOCC2)c(NC(=O)c2ccc(-c3cccc([N+](=O)[O-])c3)o2)c1. The van der Waals surface area contributed by atoms with E-state index in [1.807, 2.05) is 12.1 Å². The van der Waals surface area contributed by atoms with Gasteiger partial charge in [-0.15, -0.1) is 0 Å². The fourth-order valence-corrected chi connectivity index (χ4v) is 3.39. The zero-order valence-electron chi connectivity index (χ0n) is 16.9. The first-order valence-electron chi connectivity index (χ1n) is 9.72. The minimum absolute atomic E-state index is 0.0496. The summed E-state index contributed by atoms with van der Waals surface area (Å²) in [7, 11) is 1.56. The number of furan rings is 1. The Labute approximate surface area is 178 Å². The van der Waals surface area contributed by atoms with Gasteiger partial charge in [0.05, 0.1) is 36.6 Å². The number of nitrogens with zero attached hydrogens (tertiary/aromatic N) is 2. The Bertz CT molecular complexity index is 1100. The number of nitro benzene ring substituents is 1. The predicted octanol–water partition coefficient (Wildman–Crippen LogP) is 3.95. The van der Waals surface area contributed by atoms with Crippen molar-refractivity contribution in [2.45, 2.75) is 0 Å². The van der Waals surface area contributed by atoms with Crippen LogP contribution in [0.1, 0.15) is 10.6 Å². The number of hydrogen-bond donors (Lipinski definition) is 1. The molecule has 1 fully saturated rings. The van der Waals surface area contributed by atoms with Crippen LogP contribution in [0.5, 0.6) is 5.75 Å². The minimum atomic E-state index is -0.476. The van der Waals surface area contributed by atoms with E-state index in [4.69, 9.17) is 13.9 Å². The average Bonchev–Trinajstić information content (AvgIpc) is 3.30. The number of ether oxygens (including phenoxy) is 2. The highest BCUT2D eigenvalue weighted by molar-refractivity contribution is 6.04. The molecule has 1 amide bonds. The van der Waals surface area contributed by atoms with Crippen LogP contribution in [0, 0.1) is 10.1 Å². The van der Waals surface area contributed by atoms with E-state index < -0.39 is 10.8 Å². The zero-order valence-corrected chi connectivity index (χ0v) is 16.9. The van der Waals surface area contributed by atoms with E-state index in [2.05, 4.69) is 10.2 Å². The summed E-state index contributed by atoms with van der Waals surface area (Å²) in [5.74, 6) is 0.647. The lowest BCUT2D eigenvalue weighted by Crippen LogP contribution is -2.36. The van der Waals surface area contributed by atoms with Gasteiger partial charge in [0.2, 0.25) is 0 Å². The van der Waals surface area contributed by atoms with E-state index in [0.717, 1.165) is 5.69 Å². The van der Waals surface area contributed by atoms with Crippen molar-refractivity contribution < 1.29 is 23.6 Å². The van der Waals surface area contributed by atoms with Gasteiger partial charge in [-0.05, 0) is 24.3 Å². The third-order valence-corrected chi connectivity index (χ3v) is 4.97. The topological polar surface area (TPSA) is 107 Å². The number of anilines is 2. The van der Waals surface area contributed by atoms with Gasteiger partial charge < -0.3 is 24.1 Å². The van der Waals surface area contributed by atoms with Crippen molar-refractivity contribution >= 4 is 23.0 Å². The number of carbonyl (C=O) groups excluding carboxylic acids is 1. The van der Waals surface area contributed by atoms with E-state index in [0.29, 0.717) is 49.1 Å². The molecule has 9 nitrogen and oxygen atoms in total. The maximum Gasteiger partial charge on any atom is 0.291 e. The van der Waals surface area contributed by atoms with Crippen LogP contribution < -0.4 is 15.0 Å². The van der Waals surface area contributed by atoms with Crippen LogP contribution in [0.3, 0.4) is 0 Å². The third-order valence-electron chi connectivity index (χ3n) is 4.97. The van der Waals surface area contributed by atoms with E-state index in [1.165, 1.54) is 18.2 Å². The molecule has 2 heterocycles. The summed E-state index contributed by atoms with van der Waals surface area (Å²) in [5, 5.41) is 13.9. The summed E-state index contributed by atoms with van der Waals surface area (Å²) in [5.41, 5.74) is 1.93. The van der Waals surface area contributed by atoms with Crippen molar-refractivity contribution in [1.82, 2.24) is 0 Å². The Balaban J connectivity index is 1.57. The summed E-state index contributed by atoms with van der Waals surface area (Å²) in [6, 6.07) is 14.7. The number of carbonyl (C=O) groups is 1. The highest BCUT2D eigenvalue weighted by atomic mass is 16.6. The molecule has 0 bridgehead atoms. The zero-order chi connectivity index (χ0) is 21.8. The van der Waals surface area contributed by atoms with Crippen molar-refractivity contribution in [3.05, 3.63) is 70.5 Å². The molecule has 160 valence electrons. The summed E-state index contributed by atoms with van der Waals surface area (Å²) in [6.07, 6.45) is 0. The second-order valence-electron chi connectivity index (χ2n) is 6.91. The summed E-state index contributed by atoms with van der Waals surface area (Å²) in [6.45, 7) is 2.66. The largest absolute Gasteiger partial charge is 0.497 e. The number of nitro groups is 1. The maximum atomic E-state index is 12.9. The van der Waals surface area contributed by atoms with Crippen LogP contribution in [-0.2, 0) is 4.74 Å². The Morgan fingerprint density at radius 2 is 1.94 bits per heavy atom. The number of amides is 1. The van der Waals surface area contributed by atoms with Gasteiger partial charge in [-0.25, -0.2) is 0 Å². The Morgan fingerprint density at radius 1 is 1.13 bits per heavy atom. The van der Waals surface area contributed by atoms with Gasteiger partial charge in [0.25, 0.3) is 11.6 Å². The smallest absolute Gasteiger partial charge is 0.291 e. The normalized spacial score (nSPS) is 13.6. The number of benzene rings is 2. The van der Waals surface area contributed by atoms with Crippen molar-refractivity contribution in [2.75, 3.05) is 43.6 Å². The number of non-ortho nitro benzene ring substituents is 1. The van der Waals surface area contributed by atoms with Crippen LogP contribution >= 0.6 is 0 Å². The highest BCUT2D eigenvalue weighted by Gasteiger charge is 2.19. The van der Waals surface area contributed by atoms with Crippen LogP contribution in [0.25, 0.3) is 11.3 Å². The van der Waals surface area contributed by atoms with Crippen LogP contribution in [0.15, 0.2) is 59.0 Å². The van der Waals surface area contributed by atoms with Crippen LogP contribution in [0.2, 0.25) is 0 Å². The molecule has 4 rings (SSSR count). The van der Waals surface area contributed by atoms with E-state index in [-0.39, 0.29) is 11.4 Å². The molecular weight excluding hydrogens is 402 g/mol. The molecule has 1 N–H and O–H groups in total. The number of nitrogens with one attached hydrogen (secondary N) is 1. The van der Waals surface area contributed by atoms with E-state index in [1.54, 1.807) is 31.4 Å². The predicted molar refractivity (Wildman–Crippen MR) is 115 cm³/mol. The lowest BCUT2D eigenvalue weighted by Gasteiger charge is -2.30. The molecule has 3 aromatic rings. The van der Waals surface area contributed by atoms with Gasteiger partial charge >= 0.3 is 0 Å². The van der Waals surface area contributed by atoms with Crippen molar-refractivity contribution in [1.29, 1.82) is 0 Å². The molecule has 1 saturated heterocycles. The van der Waals surface area contributed by atoms with Gasteiger partial charge in [-0.3, -0.25) is 14.9 Å². The molecular formula is C22H21N3O6. The summed E-state index contributed by atoms with van der Waals surface area (Å²) >= 11 is 0. The van der Waals surface area contributed by atoms with Gasteiger partial charge in [-0.1, -0.05) is 12.1 Å². The van der Waals surface area contributed by atoms with Gasteiger partial charge in [0.1, 0.15) is 11.5 Å². The third kappa shape index (κ3) is 4.51. The molecule has 2 aromatic carbocycles. The molecule has 1 aliphatic heterocycles. The molecule has 0 atom stereocenters. The van der Waals surface area contributed by atoms with Crippen molar-refractivity contribution in [3.63, 3.8) is 0 Å². The molecule has 0 unspecified atom stereocenters. The molecule has 31 heavy (non-hydrogen) atoms.